The Morgan fingerprint density at radius 3 is 2.75 bits per heavy atom. The monoisotopic (exact) mass is 280 g/mol. The van der Waals surface area contributed by atoms with Crippen molar-refractivity contribution in [1.29, 1.82) is 5.26 Å². The van der Waals surface area contributed by atoms with E-state index in [4.69, 9.17) is 5.26 Å². The van der Waals surface area contributed by atoms with Gasteiger partial charge in [0.2, 0.25) is 0 Å². The molecular formula is C13H17BrN2. The van der Waals surface area contributed by atoms with Gasteiger partial charge in [0, 0.05) is 18.1 Å². The van der Waals surface area contributed by atoms with E-state index < -0.39 is 0 Å². The molecule has 1 rings (SSSR count). The maximum absolute atomic E-state index is 9.09. The molecule has 1 aromatic carbocycles. The van der Waals surface area contributed by atoms with Gasteiger partial charge >= 0.3 is 0 Å². The second-order valence-corrected chi connectivity index (χ2v) is 5.08. The van der Waals surface area contributed by atoms with Crippen LogP contribution >= 0.6 is 15.9 Å². The molecule has 0 aromatic heterocycles. The molecule has 0 fully saturated rings. The summed E-state index contributed by atoms with van der Waals surface area (Å²) in [6.07, 6.45) is 1.16. The van der Waals surface area contributed by atoms with Crippen LogP contribution in [0, 0.1) is 17.2 Å². The molecule has 0 saturated heterocycles. The number of nitriles is 1. The number of anilines is 1. The summed E-state index contributed by atoms with van der Waals surface area (Å²) in [7, 11) is 2.04. The molecule has 86 valence electrons. The van der Waals surface area contributed by atoms with E-state index >= 15 is 0 Å². The predicted octanol–water partition coefficient (Wildman–Crippen LogP) is 3.80. The summed E-state index contributed by atoms with van der Waals surface area (Å²) in [5.74, 6) is 0.639. The Labute approximate surface area is 106 Å². The third-order valence-electron chi connectivity index (χ3n) is 2.77. The van der Waals surface area contributed by atoms with Crippen LogP contribution in [0.15, 0.2) is 22.7 Å². The molecular weight excluding hydrogens is 264 g/mol. The molecule has 1 aromatic rings. The first kappa shape index (κ1) is 13.1. The van der Waals surface area contributed by atoms with Crippen LogP contribution < -0.4 is 4.90 Å². The highest BCUT2D eigenvalue weighted by Gasteiger charge is 2.10. The lowest BCUT2D eigenvalue weighted by Crippen LogP contribution is -2.24. The summed E-state index contributed by atoms with van der Waals surface area (Å²) in [5.41, 5.74) is 1.73. The Bertz CT molecular complexity index is 395. The Balaban J connectivity index is 2.91. The van der Waals surface area contributed by atoms with Crippen LogP contribution in [0.3, 0.4) is 0 Å². The van der Waals surface area contributed by atoms with E-state index in [-0.39, 0.29) is 0 Å². The van der Waals surface area contributed by atoms with Gasteiger partial charge in [-0.05, 0) is 24.1 Å². The van der Waals surface area contributed by atoms with Gasteiger partial charge in [0.25, 0.3) is 0 Å². The fourth-order valence-corrected chi connectivity index (χ4v) is 1.99. The smallest absolute Gasteiger partial charge is 0.101 e. The molecule has 0 aliphatic rings. The fourth-order valence-electron chi connectivity index (χ4n) is 1.63. The Hall–Kier alpha value is -1.01. The topological polar surface area (TPSA) is 27.0 Å². The predicted molar refractivity (Wildman–Crippen MR) is 71.6 cm³/mol. The number of halogens is 1. The molecule has 0 bridgehead atoms. The third-order valence-corrected chi connectivity index (χ3v) is 3.27. The summed E-state index contributed by atoms with van der Waals surface area (Å²) < 4.78 is 0.949. The normalized spacial score (nSPS) is 11.9. The Morgan fingerprint density at radius 1 is 1.50 bits per heavy atom. The van der Waals surface area contributed by atoms with E-state index in [1.54, 1.807) is 0 Å². The quantitative estimate of drug-likeness (QED) is 0.839. The molecule has 3 heteroatoms. The zero-order valence-electron chi connectivity index (χ0n) is 10.00. The molecule has 0 aliphatic heterocycles. The Kier molecular flexibility index (Phi) is 4.82. The zero-order valence-corrected chi connectivity index (χ0v) is 11.6. The largest absolute Gasteiger partial charge is 0.373 e. The molecule has 1 unspecified atom stereocenters. The summed E-state index contributed by atoms with van der Waals surface area (Å²) >= 11 is 3.38. The molecule has 0 aliphatic carbocycles. The van der Waals surface area contributed by atoms with Crippen LogP contribution in [-0.2, 0) is 0 Å². The van der Waals surface area contributed by atoms with Gasteiger partial charge in [-0.15, -0.1) is 0 Å². The summed E-state index contributed by atoms with van der Waals surface area (Å²) in [5, 5.41) is 9.09. The maximum atomic E-state index is 9.09. The molecule has 0 saturated carbocycles. The minimum Gasteiger partial charge on any atom is -0.373 e. The first-order valence-corrected chi connectivity index (χ1v) is 6.28. The fraction of sp³-hybridized carbons (Fsp3) is 0.462. The Morgan fingerprint density at radius 2 is 2.19 bits per heavy atom. The molecule has 0 heterocycles. The van der Waals surface area contributed by atoms with Gasteiger partial charge in [0.15, 0.2) is 0 Å². The average Bonchev–Trinajstić information content (AvgIpc) is 2.28. The molecule has 1 atom stereocenters. The highest BCUT2D eigenvalue weighted by atomic mass is 79.9. The van der Waals surface area contributed by atoms with Crippen LogP contribution in [0.4, 0.5) is 5.69 Å². The minimum atomic E-state index is 0.639. The average molecular weight is 281 g/mol. The van der Waals surface area contributed by atoms with Crippen molar-refractivity contribution in [3.8, 4) is 6.07 Å². The molecule has 2 nitrogen and oxygen atoms in total. The van der Waals surface area contributed by atoms with E-state index in [9.17, 15) is 0 Å². The van der Waals surface area contributed by atoms with Crippen LogP contribution in [-0.4, -0.2) is 13.6 Å². The van der Waals surface area contributed by atoms with E-state index in [0.29, 0.717) is 5.92 Å². The first-order chi connectivity index (χ1) is 7.58. The van der Waals surface area contributed by atoms with Crippen LogP contribution in [0.5, 0.6) is 0 Å². The first-order valence-electron chi connectivity index (χ1n) is 5.49. The summed E-state index contributed by atoms with van der Waals surface area (Å²) in [6, 6.07) is 8.07. The second-order valence-electron chi connectivity index (χ2n) is 4.17. The van der Waals surface area contributed by atoms with Crippen molar-refractivity contribution in [3.05, 3.63) is 28.2 Å². The molecule has 0 amide bonds. The highest BCUT2D eigenvalue weighted by molar-refractivity contribution is 9.10. The highest BCUT2D eigenvalue weighted by Crippen LogP contribution is 2.24. The van der Waals surface area contributed by atoms with Gasteiger partial charge in [0.1, 0.15) is 6.07 Å². The van der Waals surface area contributed by atoms with Crippen molar-refractivity contribution >= 4 is 21.6 Å². The number of hydrogen-bond donors (Lipinski definition) is 0. The van der Waals surface area contributed by atoms with Crippen LogP contribution in [0.25, 0.3) is 0 Å². The van der Waals surface area contributed by atoms with E-state index in [2.05, 4.69) is 40.7 Å². The molecule has 0 N–H and O–H groups in total. The summed E-state index contributed by atoms with van der Waals surface area (Å²) in [4.78, 5) is 2.15. The molecule has 0 spiro atoms. The summed E-state index contributed by atoms with van der Waals surface area (Å²) in [6.45, 7) is 5.39. The van der Waals surface area contributed by atoms with Crippen molar-refractivity contribution in [2.45, 2.75) is 20.3 Å². The van der Waals surface area contributed by atoms with Crippen LogP contribution in [0.1, 0.15) is 25.8 Å². The van der Waals surface area contributed by atoms with Gasteiger partial charge in [-0.2, -0.15) is 5.26 Å². The number of hydrogen-bond acceptors (Lipinski definition) is 2. The third kappa shape index (κ3) is 3.24. The van der Waals surface area contributed by atoms with Crippen molar-refractivity contribution in [3.63, 3.8) is 0 Å². The van der Waals surface area contributed by atoms with E-state index in [0.717, 1.165) is 28.7 Å². The zero-order chi connectivity index (χ0) is 12.1. The standard InChI is InChI=1S/C13H17BrN2/c1-4-10(2)9-16(3)13-6-5-12(14)7-11(13)8-15/h5-7,10H,4,9H2,1-3H3. The van der Waals surface area contributed by atoms with E-state index in [1.807, 2.05) is 25.2 Å². The van der Waals surface area contributed by atoms with Gasteiger partial charge in [-0.25, -0.2) is 0 Å². The lowest BCUT2D eigenvalue weighted by Gasteiger charge is -2.23. The number of rotatable bonds is 4. The van der Waals surface area contributed by atoms with Crippen molar-refractivity contribution in [2.24, 2.45) is 5.92 Å². The second kappa shape index (κ2) is 5.91. The van der Waals surface area contributed by atoms with Crippen LogP contribution in [0.2, 0.25) is 0 Å². The number of benzene rings is 1. The minimum absolute atomic E-state index is 0.639. The lowest BCUT2D eigenvalue weighted by atomic mass is 10.1. The van der Waals surface area contributed by atoms with Gasteiger partial charge in [-0.3, -0.25) is 0 Å². The number of nitrogens with zero attached hydrogens (tertiary/aromatic N) is 2. The van der Waals surface area contributed by atoms with Crippen molar-refractivity contribution < 1.29 is 0 Å². The lowest BCUT2D eigenvalue weighted by molar-refractivity contribution is 0.560. The van der Waals surface area contributed by atoms with Gasteiger partial charge < -0.3 is 4.90 Å². The van der Waals surface area contributed by atoms with E-state index in [1.165, 1.54) is 0 Å². The molecule has 16 heavy (non-hydrogen) atoms. The van der Waals surface area contributed by atoms with Gasteiger partial charge in [0.05, 0.1) is 11.3 Å². The van der Waals surface area contributed by atoms with Gasteiger partial charge in [-0.1, -0.05) is 36.2 Å². The van der Waals surface area contributed by atoms with Crippen molar-refractivity contribution in [1.82, 2.24) is 0 Å². The molecule has 0 radical (unpaired) electrons. The maximum Gasteiger partial charge on any atom is 0.101 e. The van der Waals surface area contributed by atoms with Crippen molar-refractivity contribution in [2.75, 3.05) is 18.5 Å². The SMILES string of the molecule is CCC(C)CN(C)c1ccc(Br)cc1C#N.